The van der Waals surface area contributed by atoms with Crippen LogP contribution in [0.3, 0.4) is 0 Å². The largest absolute Gasteiger partial charge is 0.465 e. The third kappa shape index (κ3) is 4.60. The van der Waals surface area contributed by atoms with E-state index >= 15 is 0 Å². The Morgan fingerprint density at radius 3 is 2.12 bits per heavy atom. The van der Waals surface area contributed by atoms with Crippen molar-refractivity contribution in [2.45, 2.75) is 45.7 Å². The first kappa shape index (κ1) is 15.7. The third-order valence-corrected chi connectivity index (χ3v) is 2.46. The average Bonchev–Trinajstić information content (AvgIpc) is 2.12. The number of hydrogen-bond donors (Lipinski definition) is 1. The minimum Gasteiger partial charge on any atom is -0.465 e. The molecule has 0 saturated heterocycles. The summed E-state index contributed by atoms with van der Waals surface area (Å²) in [6, 6.07) is -0.405. The predicted molar refractivity (Wildman–Crippen MR) is 63.5 cm³/mol. The lowest BCUT2D eigenvalue weighted by atomic mass is 10.0. The van der Waals surface area contributed by atoms with Gasteiger partial charge in [0.15, 0.2) is 0 Å². The van der Waals surface area contributed by atoms with Crippen molar-refractivity contribution in [1.82, 2.24) is 9.96 Å². The molecule has 6 nitrogen and oxygen atoms in total. The molecule has 0 rings (SSSR count). The minimum absolute atomic E-state index is 0.0912. The van der Waals surface area contributed by atoms with Gasteiger partial charge in [-0.05, 0) is 27.7 Å². The normalized spacial score (nSPS) is 13.1. The molecule has 6 heteroatoms. The summed E-state index contributed by atoms with van der Waals surface area (Å²) in [6.07, 6.45) is -0.939. The van der Waals surface area contributed by atoms with Crippen molar-refractivity contribution in [3.63, 3.8) is 0 Å². The van der Waals surface area contributed by atoms with Crippen LogP contribution in [0.1, 0.15) is 34.1 Å². The number of carboxylic acid groups (broad SMARTS) is 1. The lowest BCUT2D eigenvalue weighted by molar-refractivity contribution is -0.169. The van der Waals surface area contributed by atoms with Crippen LogP contribution >= 0.6 is 0 Å². The van der Waals surface area contributed by atoms with Crippen LogP contribution in [0.2, 0.25) is 0 Å². The van der Waals surface area contributed by atoms with E-state index < -0.39 is 17.7 Å². The average molecular weight is 246 g/mol. The SMILES string of the molecule is CON(C)C(=O)C[C@@H](C)N(C(=O)O)C(C)(C)C. The Bertz CT molecular complexity index is 286. The second-order valence-electron chi connectivity index (χ2n) is 4.95. The van der Waals surface area contributed by atoms with Gasteiger partial charge in [0.25, 0.3) is 0 Å². The Balaban J connectivity index is 4.71. The summed E-state index contributed by atoms with van der Waals surface area (Å²) >= 11 is 0. The van der Waals surface area contributed by atoms with Gasteiger partial charge in [-0.3, -0.25) is 9.63 Å². The van der Waals surface area contributed by atoms with E-state index in [1.807, 2.05) is 0 Å². The highest BCUT2D eigenvalue weighted by Gasteiger charge is 2.32. The molecule has 0 aromatic heterocycles. The van der Waals surface area contributed by atoms with Gasteiger partial charge in [-0.2, -0.15) is 0 Å². The zero-order chi connectivity index (χ0) is 13.8. The standard InChI is InChI=1S/C11H22N2O4/c1-8(7-9(14)12(5)17-6)13(10(15)16)11(2,3)4/h8H,7H2,1-6H3,(H,15,16)/t8-/m1/s1. The van der Waals surface area contributed by atoms with E-state index in [2.05, 4.69) is 0 Å². The fourth-order valence-corrected chi connectivity index (χ4v) is 1.71. The zero-order valence-corrected chi connectivity index (χ0v) is 11.4. The molecule has 100 valence electrons. The zero-order valence-electron chi connectivity index (χ0n) is 11.4. The molecule has 1 N–H and O–H groups in total. The van der Waals surface area contributed by atoms with Crippen molar-refractivity contribution in [2.24, 2.45) is 0 Å². The maximum Gasteiger partial charge on any atom is 0.407 e. The molecular weight excluding hydrogens is 224 g/mol. The van der Waals surface area contributed by atoms with E-state index in [0.29, 0.717) is 0 Å². The number of carbonyl (C=O) groups excluding carboxylic acids is 1. The number of carbonyl (C=O) groups is 2. The van der Waals surface area contributed by atoms with Gasteiger partial charge in [-0.25, -0.2) is 9.86 Å². The van der Waals surface area contributed by atoms with Gasteiger partial charge in [0.05, 0.1) is 7.11 Å². The molecule has 2 amide bonds. The van der Waals surface area contributed by atoms with Crippen LogP contribution < -0.4 is 0 Å². The van der Waals surface area contributed by atoms with Crippen molar-refractivity contribution in [3.8, 4) is 0 Å². The summed E-state index contributed by atoms with van der Waals surface area (Å²) in [5, 5.41) is 10.3. The molecule has 0 aliphatic rings. The summed E-state index contributed by atoms with van der Waals surface area (Å²) in [5.74, 6) is -0.254. The second-order valence-corrected chi connectivity index (χ2v) is 4.95. The van der Waals surface area contributed by atoms with E-state index in [0.717, 1.165) is 5.06 Å². The van der Waals surface area contributed by atoms with Crippen LogP contribution in [0.15, 0.2) is 0 Å². The Labute approximate surface area is 102 Å². The van der Waals surface area contributed by atoms with Crippen molar-refractivity contribution in [1.29, 1.82) is 0 Å². The summed E-state index contributed by atoms with van der Waals surface area (Å²) < 4.78 is 0. The lowest BCUT2D eigenvalue weighted by Crippen LogP contribution is -2.51. The van der Waals surface area contributed by atoms with Crippen LogP contribution in [0.5, 0.6) is 0 Å². The maximum atomic E-state index is 11.6. The van der Waals surface area contributed by atoms with Gasteiger partial charge < -0.3 is 10.0 Å². The van der Waals surface area contributed by atoms with Crippen LogP contribution in [0, 0.1) is 0 Å². The molecule has 1 atom stereocenters. The molecule has 0 aromatic rings. The number of hydrogen-bond acceptors (Lipinski definition) is 3. The Morgan fingerprint density at radius 1 is 1.35 bits per heavy atom. The van der Waals surface area contributed by atoms with Gasteiger partial charge in [0.1, 0.15) is 0 Å². The first-order chi connectivity index (χ1) is 7.61. The van der Waals surface area contributed by atoms with Gasteiger partial charge in [0, 0.05) is 25.0 Å². The number of hydroxylamine groups is 2. The van der Waals surface area contributed by atoms with Crippen LogP contribution in [0.4, 0.5) is 4.79 Å². The molecule has 0 aliphatic heterocycles. The van der Waals surface area contributed by atoms with Crippen LogP contribution in [-0.4, -0.2) is 52.8 Å². The molecule has 0 spiro atoms. The Morgan fingerprint density at radius 2 is 1.82 bits per heavy atom. The molecule has 17 heavy (non-hydrogen) atoms. The molecule has 0 aromatic carbocycles. The smallest absolute Gasteiger partial charge is 0.407 e. The van der Waals surface area contributed by atoms with Gasteiger partial charge in [0.2, 0.25) is 5.91 Å². The van der Waals surface area contributed by atoms with Gasteiger partial charge in [-0.15, -0.1) is 0 Å². The summed E-state index contributed by atoms with van der Waals surface area (Å²) in [4.78, 5) is 28.8. The van der Waals surface area contributed by atoms with Gasteiger partial charge >= 0.3 is 6.09 Å². The van der Waals surface area contributed by atoms with E-state index in [-0.39, 0.29) is 12.3 Å². The van der Waals surface area contributed by atoms with Crippen LogP contribution in [-0.2, 0) is 9.63 Å². The first-order valence-corrected chi connectivity index (χ1v) is 5.44. The van der Waals surface area contributed by atoms with Crippen molar-refractivity contribution in [2.75, 3.05) is 14.2 Å². The van der Waals surface area contributed by atoms with E-state index in [4.69, 9.17) is 9.94 Å². The van der Waals surface area contributed by atoms with Crippen molar-refractivity contribution < 1.29 is 19.5 Å². The van der Waals surface area contributed by atoms with Gasteiger partial charge in [-0.1, -0.05) is 0 Å². The highest BCUT2D eigenvalue weighted by Crippen LogP contribution is 2.19. The van der Waals surface area contributed by atoms with Crippen LogP contribution in [0.25, 0.3) is 0 Å². The monoisotopic (exact) mass is 246 g/mol. The summed E-state index contributed by atoms with van der Waals surface area (Å²) in [5.41, 5.74) is -0.544. The predicted octanol–water partition coefficient (Wildman–Crippen LogP) is 1.56. The lowest BCUT2D eigenvalue weighted by Gasteiger charge is -2.38. The fourth-order valence-electron chi connectivity index (χ4n) is 1.71. The molecule has 0 saturated carbocycles. The molecule has 0 aliphatic carbocycles. The third-order valence-electron chi connectivity index (χ3n) is 2.46. The first-order valence-electron chi connectivity index (χ1n) is 5.44. The maximum absolute atomic E-state index is 11.6. The van der Waals surface area contributed by atoms with E-state index in [1.54, 1.807) is 27.7 Å². The summed E-state index contributed by atoms with van der Waals surface area (Å²) in [7, 11) is 2.89. The molecular formula is C11H22N2O4. The Kier molecular flexibility index (Phi) is 5.41. The molecule has 0 radical (unpaired) electrons. The highest BCUT2D eigenvalue weighted by molar-refractivity contribution is 5.76. The molecule has 0 heterocycles. The van der Waals surface area contributed by atoms with Crippen molar-refractivity contribution in [3.05, 3.63) is 0 Å². The second kappa shape index (κ2) is 5.86. The fraction of sp³-hybridized carbons (Fsp3) is 0.818. The summed E-state index contributed by atoms with van der Waals surface area (Å²) in [6.45, 7) is 7.09. The van der Waals surface area contributed by atoms with E-state index in [9.17, 15) is 9.59 Å². The van der Waals surface area contributed by atoms with E-state index in [1.165, 1.54) is 19.1 Å². The number of amides is 2. The quantitative estimate of drug-likeness (QED) is 0.764. The number of nitrogens with zero attached hydrogens (tertiary/aromatic N) is 2. The Hall–Kier alpha value is -1.30. The topological polar surface area (TPSA) is 70.1 Å². The molecule has 0 fully saturated rings. The molecule has 0 unspecified atom stereocenters. The number of rotatable bonds is 4. The minimum atomic E-state index is -1.03. The van der Waals surface area contributed by atoms with Crippen molar-refractivity contribution >= 4 is 12.0 Å². The molecule has 0 bridgehead atoms. The highest BCUT2D eigenvalue weighted by atomic mass is 16.7.